The van der Waals surface area contributed by atoms with Gasteiger partial charge in [-0.3, -0.25) is 9.59 Å². The SMILES string of the molecule is Cc1cc(F)ccc1NC(=O)C1CCCCC1C(=O)N1CCc2ccccc21. The number of hydrogen-bond donors (Lipinski definition) is 1. The van der Waals surface area contributed by atoms with E-state index in [1.165, 1.54) is 17.7 Å². The van der Waals surface area contributed by atoms with E-state index in [2.05, 4.69) is 11.4 Å². The molecule has 1 N–H and O–H groups in total. The van der Waals surface area contributed by atoms with Crippen LogP contribution in [0.3, 0.4) is 0 Å². The van der Waals surface area contributed by atoms with E-state index in [-0.39, 0.29) is 29.5 Å². The molecule has 4 rings (SSSR count). The molecule has 1 heterocycles. The number of carbonyl (C=O) groups is 2. The molecule has 2 amide bonds. The third kappa shape index (κ3) is 3.53. The standard InChI is InChI=1S/C23H25FN2O2/c1-15-14-17(24)10-11-20(15)25-22(27)18-7-3-4-8-19(18)23(28)26-13-12-16-6-2-5-9-21(16)26/h2,5-6,9-11,14,18-19H,3-4,7-8,12-13H2,1H3,(H,25,27). The van der Waals surface area contributed by atoms with Gasteiger partial charge >= 0.3 is 0 Å². The summed E-state index contributed by atoms with van der Waals surface area (Å²) >= 11 is 0. The van der Waals surface area contributed by atoms with E-state index in [0.717, 1.165) is 31.4 Å². The average molecular weight is 380 g/mol. The van der Waals surface area contributed by atoms with Gasteiger partial charge in [-0.2, -0.15) is 0 Å². The predicted molar refractivity (Wildman–Crippen MR) is 108 cm³/mol. The number of carbonyl (C=O) groups excluding carboxylic acids is 2. The number of benzene rings is 2. The first-order valence-electron chi connectivity index (χ1n) is 10.0. The third-order valence-electron chi connectivity index (χ3n) is 6.02. The number of amides is 2. The van der Waals surface area contributed by atoms with E-state index in [9.17, 15) is 14.0 Å². The van der Waals surface area contributed by atoms with E-state index in [0.29, 0.717) is 24.2 Å². The molecule has 0 radical (unpaired) electrons. The van der Waals surface area contributed by atoms with Crippen LogP contribution in [0.2, 0.25) is 0 Å². The highest BCUT2D eigenvalue weighted by Gasteiger charge is 2.39. The first-order valence-corrected chi connectivity index (χ1v) is 10.0. The third-order valence-corrected chi connectivity index (χ3v) is 6.02. The summed E-state index contributed by atoms with van der Waals surface area (Å²) in [6.45, 7) is 2.45. The zero-order valence-corrected chi connectivity index (χ0v) is 16.1. The van der Waals surface area contributed by atoms with Crippen LogP contribution in [0.5, 0.6) is 0 Å². The number of nitrogens with one attached hydrogen (secondary N) is 1. The van der Waals surface area contributed by atoms with Crippen LogP contribution in [0, 0.1) is 24.6 Å². The minimum atomic E-state index is -0.349. The average Bonchev–Trinajstić information content (AvgIpc) is 3.13. The van der Waals surface area contributed by atoms with Crippen LogP contribution < -0.4 is 10.2 Å². The van der Waals surface area contributed by atoms with Crippen molar-refractivity contribution in [2.24, 2.45) is 11.8 Å². The second kappa shape index (κ2) is 7.74. The second-order valence-corrected chi connectivity index (χ2v) is 7.81. The Kier molecular flexibility index (Phi) is 5.16. The van der Waals surface area contributed by atoms with Gasteiger partial charge in [-0.25, -0.2) is 4.39 Å². The summed E-state index contributed by atoms with van der Waals surface area (Å²) in [4.78, 5) is 28.2. The topological polar surface area (TPSA) is 49.4 Å². The Morgan fingerprint density at radius 2 is 1.82 bits per heavy atom. The Hall–Kier alpha value is -2.69. The smallest absolute Gasteiger partial charge is 0.230 e. The van der Waals surface area contributed by atoms with E-state index in [4.69, 9.17) is 0 Å². The highest BCUT2D eigenvalue weighted by molar-refractivity contribution is 6.02. The van der Waals surface area contributed by atoms with Crippen LogP contribution in [-0.2, 0) is 16.0 Å². The summed E-state index contributed by atoms with van der Waals surface area (Å²) in [5, 5.41) is 2.93. The Labute approximate surface area is 164 Å². The number of hydrogen-bond acceptors (Lipinski definition) is 2. The number of para-hydroxylation sites is 1. The number of nitrogens with zero attached hydrogens (tertiary/aromatic N) is 1. The lowest BCUT2D eigenvalue weighted by molar-refractivity contribution is -0.132. The molecule has 2 unspecified atom stereocenters. The van der Waals surface area contributed by atoms with Gasteiger partial charge in [-0.1, -0.05) is 31.0 Å². The van der Waals surface area contributed by atoms with Gasteiger partial charge in [0.1, 0.15) is 5.82 Å². The fraction of sp³-hybridized carbons (Fsp3) is 0.391. The highest BCUT2D eigenvalue weighted by atomic mass is 19.1. The normalized spacial score (nSPS) is 21.3. The van der Waals surface area contributed by atoms with Crippen molar-refractivity contribution in [2.75, 3.05) is 16.8 Å². The molecule has 0 saturated heterocycles. The zero-order valence-electron chi connectivity index (χ0n) is 16.1. The molecule has 28 heavy (non-hydrogen) atoms. The molecule has 4 nitrogen and oxygen atoms in total. The lowest BCUT2D eigenvalue weighted by Crippen LogP contribution is -2.43. The zero-order chi connectivity index (χ0) is 19.7. The summed E-state index contributed by atoms with van der Waals surface area (Å²) in [5.74, 6) is -1.06. The van der Waals surface area contributed by atoms with Crippen molar-refractivity contribution in [3.05, 3.63) is 59.4 Å². The van der Waals surface area contributed by atoms with Crippen molar-refractivity contribution in [2.45, 2.75) is 39.0 Å². The molecule has 0 bridgehead atoms. The number of rotatable bonds is 3. The van der Waals surface area contributed by atoms with Gasteiger partial charge in [0.05, 0.1) is 5.92 Å². The van der Waals surface area contributed by atoms with Crippen molar-refractivity contribution in [3.8, 4) is 0 Å². The Morgan fingerprint density at radius 3 is 2.61 bits per heavy atom. The van der Waals surface area contributed by atoms with Gasteiger partial charge in [-0.05, 0) is 61.6 Å². The number of anilines is 2. The first-order chi connectivity index (χ1) is 13.5. The van der Waals surface area contributed by atoms with Crippen LogP contribution in [0.1, 0.15) is 36.8 Å². The molecule has 1 aliphatic carbocycles. The van der Waals surface area contributed by atoms with Crippen molar-refractivity contribution in [3.63, 3.8) is 0 Å². The Morgan fingerprint density at radius 1 is 1.07 bits per heavy atom. The fourth-order valence-corrected chi connectivity index (χ4v) is 4.50. The quantitative estimate of drug-likeness (QED) is 0.854. The van der Waals surface area contributed by atoms with Gasteiger partial charge in [0, 0.05) is 23.8 Å². The fourth-order valence-electron chi connectivity index (χ4n) is 4.50. The molecule has 2 aromatic rings. The van der Waals surface area contributed by atoms with Crippen LogP contribution in [0.15, 0.2) is 42.5 Å². The molecule has 1 fully saturated rings. The maximum Gasteiger partial charge on any atom is 0.230 e. The van der Waals surface area contributed by atoms with Crippen LogP contribution in [-0.4, -0.2) is 18.4 Å². The molecule has 5 heteroatoms. The Balaban J connectivity index is 1.53. The van der Waals surface area contributed by atoms with Crippen LogP contribution in [0.25, 0.3) is 0 Å². The van der Waals surface area contributed by atoms with E-state index >= 15 is 0 Å². The van der Waals surface area contributed by atoms with Crippen LogP contribution in [0.4, 0.5) is 15.8 Å². The molecule has 1 saturated carbocycles. The van der Waals surface area contributed by atoms with E-state index < -0.39 is 0 Å². The lowest BCUT2D eigenvalue weighted by Gasteiger charge is -2.32. The van der Waals surface area contributed by atoms with Crippen molar-refractivity contribution >= 4 is 23.2 Å². The minimum Gasteiger partial charge on any atom is -0.326 e. The van der Waals surface area contributed by atoms with E-state index in [1.54, 1.807) is 13.0 Å². The van der Waals surface area contributed by atoms with Gasteiger partial charge in [-0.15, -0.1) is 0 Å². The number of halogens is 1. The second-order valence-electron chi connectivity index (χ2n) is 7.81. The van der Waals surface area contributed by atoms with Crippen molar-refractivity contribution < 1.29 is 14.0 Å². The lowest BCUT2D eigenvalue weighted by atomic mass is 9.77. The van der Waals surface area contributed by atoms with E-state index in [1.807, 2.05) is 23.1 Å². The molecule has 1 aliphatic heterocycles. The maximum atomic E-state index is 13.3. The van der Waals surface area contributed by atoms with Crippen molar-refractivity contribution in [1.82, 2.24) is 0 Å². The molecule has 0 spiro atoms. The van der Waals surface area contributed by atoms with Gasteiger partial charge in [0.25, 0.3) is 0 Å². The molecule has 2 atom stereocenters. The van der Waals surface area contributed by atoms with Gasteiger partial charge in [0.2, 0.25) is 11.8 Å². The monoisotopic (exact) mass is 380 g/mol. The summed E-state index contributed by atoms with van der Waals surface area (Å²) in [6, 6.07) is 12.3. The highest BCUT2D eigenvalue weighted by Crippen LogP contribution is 2.36. The summed E-state index contributed by atoms with van der Waals surface area (Å²) in [7, 11) is 0. The largest absolute Gasteiger partial charge is 0.326 e. The summed E-state index contributed by atoms with van der Waals surface area (Å²) < 4.78 is 13.3. The Bertz CT molecular complexity index is 911. The van der Waals surface area contributed by atoms with Gasteiger partial charge in [0.15, 0.2) is 0 Å². The maximum absolute atomic E-state index is 13.3. The number of aryl methyl sites for hydroxylation is 1. The predicted octanol–water partition coefficient (Wildman–Crippen LogP) is 4.47. The minimum absolute atomic E-state index is 0.0561. The molecule has 2 aliphatic rings. The first kappa shape index (κ1) is 18.7. The van der Waals surface area contributed by atoms with Gasteiger partial charge < -0.3 is 10.2 Å². The number of fused-ring (bicyclic) bond motifs is 1. The molecule has 146 valence electrons. The molecule has 2 aromatic carbocycles. The summed E-state index contributed by atoms with van der Waals surface area (Å²) in [5.41, 5.74) is 3.46. The van der Waals surface area contributed by atoms with Crippen LogP contribution >= 0.6 is 0 Å². The summed E-state index contributed by atoms with van der Waals surface area (Å²) in [6.07, 6.45) is 4.21. The molecular weight excluding hydrogens is 355 g/mol. The molecular formula is C23H25FN2O2. The molecule has 0 aromatic heterocycles. The van der Waals surface area contributed by atoms with Crippen molar-refractivity contribution in [1.29, 1.82) is 0 Å².